The van der Waals surface area contributed by atoms with Gasteiger partial charge in [-0.3, -0.25) is 9.89 Å². The number of hydrogen-bond acceptors (Lipinski definition) is 3. The van der Waals surface area contributed by atoms with Crippen LogP contribution in [0.2, 0.25) is 0 Å². The van der Waals surface area contributed by atoms with Crippen molar-refractivity contribution in [3.63, 3.8) is 0 Å². The molecule has 0 radical (unpaired) electrons. The van der Waals surface area contributed by atoms with E-state index in [9.17, 15) is 14.7 Å². The van der Waals surface area contributed by atoms with E-state index in [2.05, 4.69) is 15.5 Å². The number of aliphatic carboxylic acids is 1. The normalized spacial score (nSPS) is 22.0. The highest BCUT2D eigenvalue weighted by molar-refractivity contribution is 5.79. The summed E-state index contributed by atoms with van der Waals surface area (Å²) in [6.45, 7) is 4.89. The van der Waals surface area contributed by atoms with E-state index in [0.717, 1.165) is 11.3 Å². The zero-order valence-electron chi connectivity index (χ0n) is 11.8. The molecule has 1 aliphatic rings. The first-order valence-corrected chi connectivity index (χ1v) is 6.73. The number of hydrogen-bond donors (Lipinski definition) is 3. The van der Waals surface area contributed by atoms with Crippen molar-refractivity contribution in [3.8, 4) is 0 Å². The summed E-state index contributed by atoms with van der Waals surface area (Å²) in [4.78, 5) is 25.0. The molecule has 1 aliphatic heterocycles. The molecule has 7 heteroatoms. The molecule has 110 valence electrons. The Balaban J connectivity index is 1.92. The van der Waals surface area contributed by atoms with E-state index in [1.807, 2.05) is 13.8 Å². The summed E-state index contributed by atoms with van der Waals surface area (Å²) < 4.78 is 0. The summed E-state index contributed by atoms with van der Waals surface area (Å²) in [5.74, 6) is -0.819. The van der Waals surface area contributed by atoms with Crippen molar-refractivity contribution in [3.05, 3.63) is 17.5 Å². The number of aromatic nitrogens is 2. The van der Waals surface area contributed by atoms with Gasteiger partial charge in [-0.05, 0) is 19.8 Å². The molecule has 0 bridgehead atoms. The van der Waals surface area contributed by atoms with Crippen molar-refractivity contribution in [1.82, 2.24) is 20.4 Å². The molecule has 20 heavy (non-hydrogen) atoms. The second-order valence-corrected chi connectivity index (χ2v) is 5.29. The lowest BCUT2D eigenvalue weighted by Gasteiger charge is -2.23. The van der Waals surface area contributed by atoms with Crippen LogP contribution < -0.4 is 5.32 Å². The number of carbonyl (C=O) groups is 2. The fourth-order valence-electron chi connectivity index (χ4n) is 2.50. The fourth-order valence-corrected chi connectivity index (χ4v) is 2.50. The van der Waals surface area contributed by atoms with Gasteiger partial charge in [0.2, 0.25) is 0 Å². The van der Waals surface area contributed by atoms with Crippen LogP contribution in [0, 0.1) is 12.3 Å². The molecule has 3 N–H and O–H groups in total. The Labute approximate surface area is 117 Å². The third kappa shape index (κ3) is 2.61. The average molecular weight is 280 g/mol. The van der Waals surface area contributed by atoms with Gasteiger partial charge in [-0.1, -0.05) is 6.92 Å². The number of nitrogens with zero attached hydrogens (tertiary/aromatic N) is 2. The number of aromatic amines is 1. The highest BCUT2D eigenvalue weighted by atomic mass is 16.4. The number of H-pyrrole nitrogens is 1. The molecule has 1 aromatic heterocycles. The SMILES string of the molecule is CCC1(C(=O)O)CCN(C(=O)NCc2cn[nH]c2C)C1. The summed E-state index contributed by atoms with van der Waals surface area (Å²) in [7, 11) is 0. The van der Waals surface area contributed by atoms with Gasteiger partial charge in [-0.2, -0.15) is 5.10 Å². The van der Waals surface area contributed by atoms with Gasteiger partial charge in [0.15, 0.2) is 0 Å². The number of carbonyl (C=O) groups excluding carboxylic acids is 1. The summed E-state index contributed by atoms with van der Waals surface area (Å²) in [5, 5.41) is 18.8. The Bertz CT molecular complexity index is 513. The van der Waals surface area contributed by atoms with Crippen LogP contribution in [-0.2, 0) is 11.3 Å². The zero-order valence-corrected chi connectivity index (χ0v) is 11.8. The molecular formula is C13H20N4O3. The quantitative estimate of drug-likeness (QED) is 0.769. The molecule has 2 heterocycles. The summed E-state index contributed by atoms with van der Waals surface area (Å²) in [5.41, 5.74) is 1.06. The third-order valence-corrected chi connectivity index (χ3v) is 4.14. The minimum Gasteiger partial charge on any atom is -0.481 e. The van der Waals surface area contributed by atoms with E-state index in [1.165, 1.54) is 0 Å². The van der Waals surface area contributed by atoms with E-state index >= 15 is 0 Å². The molecule has 1 saturated heterocycles. The number of urea groups is 1. The van der Waals surface area contributed by atoms with Crippen molar-refractivity contribution >= 4 is 12.0 Å². The molecule has 0 spiro atoms. The van der Waals surface area contributed by atoms with Crippen LogP contribution >= 0.6 is 0 Å². The van der Waals surface area contributed by atoms with Crippen molar-refractivity contribution in [1.29, 1.82) is 0 Å². The Hall–Kier alpha value is -2.05. The average Bonchev–Trinajstić information content (AvgIpc) is 3.03. The fraction of sp³-hybridized carbons (Fsp3) is 0.615. The minimum atomic E-state index is -0.819. The molecular weight excluding hydrogens is 260 g/mol. The molecule has 2 rings (SSSR count). The molecule has 2 amide bonds. The Kier molecular flexibility index (Phi) is 3.96. The zero-order chi connectivity index (χ0) is 14.8. The van der Waals surface area contributed by atoms with Crippen molar-refractivity contribution in [2.45, 2.75) is 33.2 Å². The molecule has 0 aliphatic carbocycles. The largest absolute Gasteiger partial charge is 0.481 e. The van der Waals surface area contributed by atoms with Gasteiger partial charge in [-0.15, -0.1) is 0 Å². The van der Waals surface area contributed by atoms with Gasteiger partial charge in [0, 0.05) is 30.9 Å². The highest BCUT2D eigenvalue weighted by Gasteiger charge is 2.44. The smallest absolute Gasteiger partial charge is 0.317 e. The van der Waals surface area contributed by atoms with E-state index in [1.54, 1.807) is 11.1 Å². The highest BCUT2D eigenvalue weighted by Crippen LogP contribution is 2.34. The standard InChI is InChI=1S/C13H20N4O3/c1-3-13(11(18)19)4-5-17(8-13)12(20)14-6-10-7-15-16-9(10)2/h7H,3-6,8H2,1-2H3,(H,14,20)(H,15,16)(H,18,19). The number of amides is 2. The monoisotopic (exact) mass is 280 g/mol. The Morgan fingerprint density at radius 2 is 2.35 bits per heavy atom. The van der Waals surface area contributed by atoms with Crippen LogP contribution in [0.5, 0.6) is 0 Å². The van der Waals surface area contributed by atoms with Crippen LogP contribution in [0.15, 0.2) is 6.20 Å². The Morgan fingerprint density at radius 3 is 2.85 bits per heavy atom. The Morgan fingerprint density at radius 1 is 1.60 bits per heavy atom. The lowest BCUT2D eigenvalue weighted by Crippen LogP contribution is -2.41. The first kappa shape index (κ1) is 14.4. The number of carboxylic acid groups (broad SMARTS) is 1. The molecule has 1 unspecified atom stereocenters. The topological polar surface area (TPSA) is 98.3 Å². The van der Waals surface area contributed by atoms with Gasteiger partial charge in [-0.25, -0.2) is 4.79 Å². The maximum absolute atomic E-state index is 12.1. The maximum Gasteiger partial charge on any atom is 0.317 e. The first-order valence-electron chi connectivity index (χ1n) is 6.73. The summed E-state index contributed by atoms with van der Waals surface area (Å²) in [6, 6.07) is -0.220. The predicted molar refractivity (Wildman–Crippen MR) is 72.1 cm³/mol. The van der Waals surface area contributed by atoms with Gasteiger partial charge in [0.1, 0.15) is 0 Å². The van der Waals surface area contributed by atoms with E-state index in [0.29, 0.717) is 25.9 Å². The molecule has 0 saturated carbocycles. The van der Waals surface area contributed by atoms with Crippen LogP contribution in [0.4, 0.5) is 4.79 Å². The van der Waals surface area contributed by atoms with E-state index < -0.39 is 11.4 Å². The summed E-state index contributed by atoms with van der Waals surface area (Å²) in [6.07, 6.45) is 2.72. The molecule has 0 aromatic carbocycles. The first-order chi connectivity index (χ1) is 9.48. The van der Waals surface area contributed by atoms with Crippen LogP contribution in [0.1, 0.15) is 31.0 Å². The molecule has 7 nitrogen and oxygen atoms in total. The number of aryl methyl sites for hydroxylation is 1. The van der Waals surface area contributed by atoms with Crippen molar-refractivity contribution < 1.29 is 14.7 Å². The second kappa shape index (κ2) is 5.52. The van der Waals surface area contributed by atoms with Gasteiger partial charge in [0.05, 0.1) is 11.6 Å². The second-order valence-electron chi connectivity index (χ2n) is 5.29. The maximum atomic E-state index is 12.1. The van der Waals surface area contributed by atoms with Crippen LogP contribution in [0.3, 0.4) is 0 Å². The number of carboxylic acids is 1. The van der Waals surface area contributed by atoms with Gasteiger partial charge >= 0.3 is 12.0 Å². The predicted octanol–water partition coefficient (Wildman–Crippen LogP) is 1.11. The lowest BCUT2D eigenvalue weighted by atomic mass is 9.84. The number of rotatable bonds is 4. The van der Waals surface area contributed by atoms with E-state index in [-0.39, 0.29) is 12.6 Å². The molecule has 1 atom stereocenters. The molecule has 1 aromatic rings. The van der Waals surface area contributed by atoms with Crippen LogP contribution in [0.25, 0.3) is 0 Å². The lowest BCUT2D eigenvalue weighted by molar-refractivity contribution is -0.148. The molecule has 1 fully saturated rings. The van der Waals surface area contributed by atoms with Crippen LogP contribution in [-0.4, -0.2) is 45.3 Å². The minimum absolute atomic E-state index is 0.220. The van der Waals surface area contributed by atoms with Crippen molar-refractivity contribution in [2.24, 2.45) is 5.41 Å². The van der Waals surface area contributed by atoms with Gasteiger partial charge < -0.3 is 15.3 Å². The summed E-state index contributed by atoms with van der Waals surface area (Å²) >= 11 is 0. The van der Waals surface area contributed by atoms with Crippen molar-refractivity contribution in [2.75, 3.05) is 13.1 Å². The number of nitrogens with one attached hydrogen (secondary N) is 2. The van der Waals surface area contributed by atoms with Gasteiger partial charge in [0.25, 0.3) is 0 Å². The number of likely N-dealkylation sites (tertiary alicyclic amines) is 1. The third-order valence-electron chi connectivity index (χ3n) is 4.14. The van der Waals surface area contributed by atoms with E-state index in [4.69, 9.17) is 0 Å².